The van der Waals surface area contributed by atoms with E-state index in [1.54, 1.807) is 13.2 Å². The molecule has 0 fully saturated rings. The van der Waals surface area contributed by atoms with Crippen LogP contribution in [0.5, 0.6) is 5.75 Å². The molecule has 0 aliphatic heterocycles. The molecule has 0 aliphatic rings. The third kappa shape index (κ3) is 2.59. The smallest absolute Gasteiger partial charge is 0.360 e. The van der Waals surface area contributed by atoms with E-state index in [1.165, 1.54) is 0 Å². The molecule has 0 radical (unpaired) electrons. The second kappa shape index (κ2) is 5.77. The molecule has 0 saturated heterocycles. The van der Waals surface area contributed by atoms with Crippen LogP contribution in [0.15, 0.2) is 69.9 Å². The van der Waals surface area contributed by atoms with Crippen molar-refractivity contribution in [2.45, 2.75) is 0 Å². The van der Waals surface area contributed by atoms with Gasteiger partial charge in [0.05, 0.1) is 7.11 Å². The van der Waals surface area contributed by atoms with Gasteiger partial charge in [-0.1, -0.05) is 30.3 Å². The molecule has 0 aliphatic carbocycles. The number of benzene rings is 2. The van der Waals surface area contributed by atoms with Crippen LogP contribution >= 0.6 is 0 Å². The molecular weight excluding hydrogens is 278 g/mol. The molecule has 3 aromatic rings. The summed E-state index contributed by atoms with van der Waals surface area (Å²) in [7, 11) is 1.60. The molecule has 2 aromatic carbocycles. The number of methoxy groups -OCH3 is 1. The largest absolute Gasteiger partial charge is 0.497 e. The Labute approximate surface area is 127 Å². The summed E-state index contributed by atoms with van der Waals surface area (Å²) in [5.41, 5.74) is 7.79. The Bertz CT molecular complexity index is 836. The number of nitrogen functional groups attached to an aromatic ring is 1. The molecule has 0 spiro atoms. The van der Waals surface area contributed by atoms with Crippen molar-refractivity contribution in [2.75, 3.05) is 12.8 Å². The first-order valence-corrected chi connectivity index (χ1v) is 6.82. The van der Waals surface area contributed by atoms with Gasteiger partial charge in [-0.3, -0.25) is 0 Å². The molecule has 2 N–H and O–H groups in total. The van der Waals surface area contributed by atoms with Gasteiger partial charge in [0.1, 0.15) is 17.2 Å². The highest BCUT2D eigenvalue weighted by Crippen LogP contribution is 2.29. The van der Waals surface area contributed by atoms with E-state index in [1.807, 2.05) is 54.6 Å². The summed E-state index contributed by atoms with van der Waals surface area (Å²) in [5.74, 6) is 1.21. The standard InChI is InChI=1S/C18H15NO3/c1-21-14-9-7-13(8-10-14)16-11-15(17(19)18(20)22-16)12-5-3-2-4-6-12/h2-11H,19H2,1H3. The Morgan fingerprint density at radius 2 is 1.64 bits per heavy atom. The molecule has 0 amide bonds. The highest BCUT2D eigenvalue weighted by Gasteiger charge is 2.12. The fraction of sp³-hybridized carbons (Fsp3) is 0.0556. The van der Waals surface area contributed by atoms with E-state index in [9.17, 15) is 4.79 Å². The fourth-order valence-electron chi connectivity index (χ4n) is 2.26. The van der Waals surface area contributed by atoms with Gasteiger partial charge in [-0.05, 0) is 35.9 Å². The van der Waals surface area contributed by atoms with Crippen LogP contribution in [0, 0.1) is 0 Å². The van der Waals surface area contributed by atoms with Gasteiger partial charge >= 0.3 is 5.63 Å². The Kier molecular flexibility index (Phi) is 3.66. The van der Waals surface area contributed by atoms with Crippen LogP contribution in [0.1, 0.15) is 0 Å². The summed E-state index contributed by atoms with van der Waals surface area (Å²) in [4.78, 5) is 12.0. The number of rotatable bonds is 3. The van der Waals surface area contributed by atoms with E-state index in [4.69, 9.17) is 14.9 Å². The summed E-state index contributed by atoms with van der Waals surface area (Å²) in [6.45, 7) is 0. The van der Waals surface area contributed by atoms with E-state index in [0.717, 1.165) is 16.9 Å². The topological polar surface area (TPSA) is 65.5 Å². The van der Waals surface area contributed by atoms with Gasteiger partial charge < -0.3 is 14.9 Å². The first-order chi connectivity index (χ1) is 10.7. The van der Waals surface area contributed by atoms with Crippen LogP contribution in [-0.4, -0.2) is 7.11 Å². The number of ether oxygens (including phenoxy) is 1. The molecule has 4 heteroatoms. The Balaban J connectivity index is 2.13. The van der Waals surface area contributed by atoms with Crippen LogP contribution in [0.4, 0.5) is 5.69 Å². The van der Waals surface area contributed by atoms with Crippen molar-refractivity contribution in [2.24, 2.45) is 0 Å². The van der Waals surface area contributed by atoms with E-state index in [2.05, 4.69) is 0 Å². The minimum atomic E-state index is -0.535. The molecule has 0 unspecified atom stereocenters. The van der Waals surface area contributed by atoms with Crippen molar-refractivity contribution in [1.29, 1.82) is 0 Å². The Hall–Kier alpha value is -3.01. The third-order valence-electron chi connectivity index (χ3n) is 3.45. The molecule has 110 valence electrons. The van der Waals surface area contributed by atoms with Crippen molar-refractivity contribution in [3.63, 3.8) is 0 Å². The second-order valence-electron chi connectivity index (χ2n) is 4.82. The molecule has 22 heavy (non-hydrogen) atoms. The molecule has 0 saturated carbocycles. The number of hydrogen-bond acceptors (Lipinski definition) is 4. The zero-order valence-electron chi connectivity index (χ0n) is 12.1. The molecule has 0 bridgehead atoms. The molecule has 1 heterocycles. The summed E-state index contributed by atoms with van der Waals surface area (Å²) < 4.78 is 10.4. The Morgan fingerprint density at radius 3 is 2.27 bits per heavy atom. The quantitative estimate of drug-likeness (QED) is 0.801. The van der Waals surface area contributed by atoms with Crippen molar-refractivity contribution < 1.29 is 9.15 Å². The lowest BCUT2D eigenvalue weighted by molar-refractivity contribution is 0.415. The van der Waals surface area contributed by atoms with Crippen LogP contribution in [0.25, 0.3) is 22.5 Å². The predicted molar refractivity (Wildman–Crippen MR) is 86.8 cm³/mol. The highest BCUT2D eigenvalue weighted by atomic mass is 16.5. The Morgan fingerprint density at radius 1 is 0.955 bits per heavy atom. The van der Waals surface area contributed by atoms with E-state index < -0.39 is 5.63 Å². The average molecular weight is 293 g/mol. The van der Waals surface area contributed by atoms with Gasteiger partial charge in [0.25, 0.3) is 0 Å². The fourth-order valence-corrected chi connectivity index (χ4v) is 2.26. The average Bonchev–Trinajstić information content (AvgIpc) is 2.58. The highest BCUT2D eigenvalue weighted by molar-refractivity contribution is 5.78. The van der Waals surface area contributed by atoms with E-state index in [-0.39, 0.29) is 5.69 Å². The van der Waals surface area contributed by atoms with Crippen molar-refractivity contribution >= 4 is 5.69 Å². The number of hydrogen-bond donors (Lipinski definition) is 1. The summed E-state index contributed by atoms with van der Waals surface area (Å²) in [5, 5.41) is 0. The summed E-state index contributed by atoms with van der Waals surface area (Å²) >= 11 is 0. The minimum Gasteiger partial charge on any atom is -0.497 e. The minimum absolute atomic E-state index is 0.114. The van der Waals surface area contributed by atoms with E-state index >= 15 is 0 Å². The molecule has 3 rings (SSSR count). The molecule has 1 aromatic heterocycles. The first kappa shape index (κ1) is 13.9. The van der Waals surface area contributed by atoms with Gasteiger partial charge in [0.15, 0.2) is 0 Å². The lowest BCUT2D eigenvalue weighted by atomic mass is 10.0. The monoisotopic (exact) mass is 293 g/mol. The molecular formula is C18H15NO3. The zero-order valence-corrected chi connectivity index (χ0v) is 12.1. The van der Waals surface area contributed by atoms with Gasteiger partial charge in [0, 0.05) is 11.1 Å². The lowest BCUT2D eigenvalue weighted by Gasteiger charge is -2.08. The maximum absolute atomic E-state index is 12.0. The number of anilines is 1. The number of nitrogens with two attached hydrogens (primary N) is 1. The van der Waals surface area contributed by atoms with E-state index in [0.29, 0.717) is 11.3 Å². The summed E-state index contributed by atoms with van der Waals surface area (Å²) in [6.07, 6.45) is 0. The SMILES string of the molecule is COc1ccc(-c2cc(-c3ccccc3)c(N)c(=O)o2)cc1. The van der Waals surface area contributed by atoms with Gasteiger partial charge in [-0.15, -0.1) is 0 Å². The third-order valence-corrected chi connectivity index (χ3v) is 3.45. The van der Waals surface area contributed by atoms with Crippen molar-refractivity contribution in [1.82, 2.24) is 0 Å². The maximum atomic E-state index is 12.0. The summed E-state index contributed by atoms with van der Waals surface area (Å²) in [6, 6.07) is 18.6. The van der Waals surface area contributed by atoms with Gasteiger partial charge in [0.2, 0.25) is 0 Å². The molecule has 0 atom stereocenters. The van der Waals surface area contributed by atoms with Gasteiger partial charge in [-0.2, -0.15) is 0 Å². The van der Waals surface area contributed by atoms with Crippen LogP contribution in [0.2, 0.25) is 0 Å². The van der Waals surface area contributed by atoms with Crippen molar-refractivity contribution in [3.8, 4) is 28.2 Å². The lowest BCUT2D eigenvalue weighted by Crippen LogP contribution is -2.08. The van der Waals surface area contributed by atoms with Crippen LogP contribution in [0.3, 0.4) is 0 Å². The van der Waals surface area contributed by atoms with Crippen molar-refractivity contribution in [3.05, 3.63) is 71.1 Å². The van der Waals surface area contributed by atoms with Gasteiger partial charge in [-0.25, -0.2) is 4.79 Å². The second-order valence-corrected chi connectivity index (χ2v) is 4.82. The zero-order chi connectivity index (χ0) is 15.5. The normalized spacial score (nSPS) is 10.4. The molecule has 4 nitrogen and oxygen atoms in total. The van der Waals surface area contributed by atoms with Crippen LogP contribution in [-0.2, 0) is 0 Å². The predicted octanol–water partition coefficient (Wildman–Crippen LogP) is 3.56. The maximum Gasteiger partial charge on any atom is 0.360 e. The first-order valence-electron chi connectivity index (χ1n) is 6.82. The van der Waals surface area contributed by atoms with Crippen LogP contribution < -0.4 is 16.1 Å².